The lowest BCUT2D eigenvalue weighted by molar-refractivity contribution is -0.154. The van der Waals surface area contributed by atoms with E-state index < -0.39 is 21.3 Å². The molecule has 5 nitrogen and oxygen atoms in total. The fraction of sp³-hybridized carbons (Fsp3) is 0.519. The van der Waals surface area contributed by atoms with E-state index in [0.717, 1.165) is 45.7 Å². The van der Waals surface area contributed by atoms with Gasteiger partial charge in [0.25, 0.3) is 0 Å². The Hall–Kier alpha value is -2.41. The summed E-state index contributed by atoms with van der Waals surface area (Å²) in [4.78, 5) is 12.4. The van der Waals surface area contributed by atoms with E-state index in [1.165, 1.54) is 6.07 Å². The fourth-order valence-electron chi connectivity index (χ4n) is 3.89. The Labute approximate surface area is 203 Å². The molecule has 2 aromatic carbocycles. The lowest BCUT2D eigenvalue weighted by Gasteiger charge is -2.29. The van der Waals surface area contributed by atoms with Crippen LogP contribution in [0, 0.1) is 31.0 Å². The summed E-state index contributed by atoms with van der Waals surface area (Å²) in [6.07, 6.45) is 3.64. The summed E-state index contributed by atoms with van der Waals surface area (Å²) >= 11 is 0. The van der Waals surface area contributed by atoms with Crippen molar-refractivity contribution >= 4 is 21.7 Å². The first kappa shape index (κ1) is 26.2. The van der Waals surface area contributed by atoms with Gasteiger partial charge < -0.3 is 4.74 Å². The van der Waals surface area contributed by atoms with Gasteiger partial charge in [0.2, 0.25) is 10.0 Å². The largest absolute Gasteiger partial charge is 0.465 e. The molecule has 1 saturated carbocycles. The summed E-state index contributed by atoms with van der Waals surface area (Å²) in [5.74, 6) is -0.898. The molecule has 0 bridgehead atoms. The van der Waals surface area contributed by atoms with E-state index in [4.69, 9.17) is 4.74 Å². The van der Waals surface area contributed by atoms with E-state index in [2.05, 4.69) is 6.07 Å². The molecule has 186 valence electrons. The molecule has 0 heterocycles. The number of anilines is 1. The van der Waals surface area contributed by atoms with Crippen LogP contribution in [0.4, 0.5) is 10.1 Å². The first-order chi connectivity index (χ1) is 15.8. The Balaban J connectivity index is 1.89. The number of hydrogen-bond donors (Lipinski definition) is 0. The minimum atomic E-state index is -3.77. The molecule has 2 aromatic rings. The molecule has 0 aliphatic heterocycles. The van der Waals surface area contributed by atoms with Gasteiger partial charge in [-0.15, -0.1) is 0 Å². The summed E-state index contributed by atoms with van der Waals surface area (Å²) in [6, 6.07) is 10.9. The van der Waals surface area contributed by atoms with Crippen LogP contribution in [-0.2, 0) is 26.0 Å². The van der Waals surface area contributed by atoms with Crippen molar-refractivity contribution in [1.29, 1.82) is 0 Å². The van der Waals surface area contributed by atoms with Gasteiger partial charge in [-0.3, -0.25) is 9.10 Å². The summed E-state index contributed by atoms with van der Waals surface area (Å²) in [5, 5.41) is 0. The van der Waals surface area contributed by atoms with Crippen LogP contribution >= 0.6 is 0 Å². The number of benzene rings is 2. The second-order valence-electron chi connectivity index (χ2n) is 10.6. The lowest BCUT2D eigenvalue weighted by atomic mass is 9.95. The summed E-state index contributed by atoms with van der Waals surface area (Å²) in [5.41, 5.74) is 3.56. The molecule has 7 heteroatoms. The maximum atomic E-state index is 15.1. The number of carbonyl (C=O) groups excluding carboxylic acids is 1. The Morgan fingerprint density at radius 3 is 2.32 bits per heavy atom. The van der Waals surface area contributed by atoms with E-state index in [1.54, 1.807) is 26.8 Å². The summed E-state index contributed by atoms with van der Waals surface area (Å²) in [7, 11) is -3.77. The number of aryl methyl sites for hydroxylation is 2. The molecule has 0 saturated heterocycles. The molecule has 1 unspecified atom stereocenters. The van der Waals surface area contributed by atoms with Crippen LogP contribution in [-0.4, -0.2) is 33.8 Å². The van der Waals surface area contributed by atoms with Crippen LogP contribution in [0.3, 0.4) is 0 Å². The first-order valence-corrected chi connectivity index (χ1v) is 13.6. The minimum Gasteiger partial charge on any atom is -0.465 e. The Bertz CT molecular complexity index is 1150. The minimum absolute atomic E-state index is 0.00285. The third-order valence-corrected chi connectivity index (χ3v) is 7.42. The van der Waals surface area contributed by atoms with E-state index in [1.807, 2.05) is 32.0 Å². The van der Waals surface area contributed by atoms with Crippen molar-refractivity contribution in [3.05, 3.63) is 64.5 Å². The van der Waals surface area contributed by atoms with E-state index in [-0.39, 0.29) is 30.7 Å². The summed E-state index contributed by atoms with van der Waals surface area (Å²) < 4.78 is 47.3. The number of carbonyl (C=O) groups is 1. The standard InChI is InChI=1S/C27H36FNO4S/c1-18-7-8-20(13-19(18)2)14-21(17-33-26(30)27(3,4)5)16-29(34(6,31)32)25-12-11-23(15-24(25)28)22-9-10-22/h7-8,11-13,15,21-22H,9-10,14,16-17H2,1-6H3. The molecule has 1 fully saturated rings. The topological polar surface area (TPSA) is 63.7 Å². The third-order valence-electron chi connectivity index (χ3n) is 6.27. The van der Waals surface area contributed by atoms with E-state index in [9.17, 15) is 13.2 Å². The number of esters is 1. The quantitative estimate of drug-likeness (QED) is 0.434. The van der Waals surface area contributed by atoms with Gasteiger partial charge in [-0.05, 0) is 94.2 Å². The van der Waals surface area contributed by atoms with Crippen molar-refractivity contribution in [1.82, 2.24) is 0 Å². The number of nitrogens with zero attached hydrogens (tertiary/aromatic N) is 1. The van der Waals surface area contributed by atoms with E-state index >= 15 is 4.39 Å². The fourth-order valence-corrected chi connectivity index (χ4v) is 4.88. The maximum Gasteiger partial charge on any atom is 0.311 e. The molecule has 0 spiro atoms. The van der Waals surface area contributed by atoms with Crippen LogP contribution in [0.25, 0.3) is 0 Å². The lowest BCUT2D eigenvalue weighted by Crippen LogP contribution is -2.38. The molecule has 1 atom stereocenters. The molecule has 3 rings (SSSR count). The number of sulfonamides is 1. The average molecular weight is 490 g/mol. The predicted molar refractivity (Wildman–Crippen MR) is 134 cm³/mol. The van der Waals surface area contributed by atoms with Crippen LogP contribution in [0.15, 0.2) is 36.4 Å². The van der Waals surface area contributed by atoms with Gasteiger partial charge in [-0.2, -0.15) is 0 Å². The molecule has 0 radical (unpaired) electrons. The molecule has 0 amide bonds. The molecule has 0 N–H and O–H groups in total. The Morgan fingerprint density at radius 1 is 1.12 bits per heavy atom. The zero-order valence-electron chi connectivity index (χ0n) is 21.0. The number of rotatable bonds is 9. The Kier molecular flexibility index (Phi) is 7.75. The number of hydrogen-bond acceptors (Lipinski definition) is 4. The molecule has 0 aromatic heterocycles. The SMILES string of the molecule is Cc1ccc(CC(COC(=O)C(C)(C)C)CN(c2ccc(C3CC3)cc2F)S(C)(=O)=O)cc1C. The van der Waals surface area contributed by atoms with Gasteiger partial charge in [-0.25, -0.2) is 12.8 Å². The summed E-state index contributed by atoms with van der Waals surface area (Å²) in [6.45, 7) is 9.40. The first-order valence-electron chi connectivity index (χ1n) is 11.8. The highest BCUT2D eigenvalue weighted by Crippen LogP contribution is 2.41. The molecule has 1 aliphatic carbocycles. The average Bonchev–Trinajstić information content (AvgIpc) is 3.56. The van der Waals surface area contributed by atoms with Gasteiger partial charge in [-0.1, -0.05) is 24.3 Å². The smallest absolute Gasteiger partial charge is 0.311 e. The zero-order chi connectivity index (χ0) is 25.3. The highest BCUT2D eigenvalue weighted by atomic mass is 32.2. The van der Waals surface area contributed by atoms with Crippen molar-refractivity contribution < 1.29 is 22.3 Å². The van der Waals surface area contributed by atoms with Gasteiger partial charge >= 0.3 is 5.97 Å². The van der Waals surface area contributed by atoms with Gasteiger partial charge in [0.05, 0.1) is 24.0 Å². The maximum absolute atomic E-state index is 15.1. The normalized spacial score (nSPS) is 15.1. The van der Waals surface area contributed by atoms with Crippen molar-refractivity contribution in [2.24, 2.45) is 11.3 Å². The predicted octanol–water partition coefficient (Wildman–Crippen LogP) is 5.53. The van der Waals surface area contributed by atoms with Crippen LogP contribution in [0.1, 0.15) is 61.8 Å². The zero-order valence-corrected chi connectivity index (χ0v) is 21.8. The Morgan fingerprint density at radius 2 is 1.79 bits per heavy atom. The second kappa shape index (κ2) is 10.1. The number of halogens is 1. The van der Waals surface area contributed by atoms with Crippen LogP contribution in [0.5, 0.6) is 0 Å². The monoisotopic (exact) mass is 489 g/mol. The molecule has 34 heavy (non-hydrogen) atoms. The molecular weight excluding hydrogens is 453 g/mol. The molecular formula is C27H36FNO4S. The van der Waals surface area contributed by atoms with Crippen molar-refractivity contribution in [3.63, 3.8) is 0 Å². The van der Waals surface area contributed by atoms with Crippen molar-refractivity contribution in [2.45, 2.75) is 59.8 Å². The number of ether oxygens (including phenoxy) is 1. The highest BCUT2D eigenvalue weighted by Gasteiger charge is 2.30. The second-order valence-corrected chi connectivity index (χ2v) is 12.5. The van der Waals surface area contributed by atoms with E-state index in [0.29, 0.717) is 12.3 Å². The van der Waals surface area contributed by atoms with Gasteiger partial charge in [0.1, 0.15) is 5.82 Å². The van der Waals surface area contributed by atoms with Crippen LogP contribution < -0.4 is 4.31 Å². The molecule has 1 aliphatic rings. The van der Waals surface area contributed by atoms with Crippen molar-refractivity contribution in [3.8, 4) is 0 Å². The van der Waals surface area contributed by atoms with Gasteiger partial charge in [0, 0.05) is 12.5 Å². The van der Waals surface area contributed by atoms with Gasteiger partial charge in [0.15, 0.2) is 0 Å². The highest BCUT2D eigenvalue weighted by molar-refractivity contribution is 7.92. The van der Waals surface area contributed by atoms with Crippen molar-refractivity contribution in [2.75, 3.05) is 23.7 Å². The van der Waals surface area contributed by atoms with Crippen LogP contribution in [0.2, 0.25) is 0 Å². The third kappa shape index (κ3) is 6.81.